The van der Waals surface area contributed by atoms with Crippen LogP contribution in [0.4, 0.5) is 5.69 Å². The molecule has 0 bridgehead atoms. The lowest BCUT2D eigenvalue weighted by Gasteiger charge is -2.28. The minimum Gasteiger partial charge on any atom is -0.385 e. The molecule has 0 spiro atoms. The highest BCUT2D eigenvalue weighted by Crippen LogP contribution is 2.30. The van der Waals surface area contributed by atoms with E-state index in [0.717, 1.165) is 6.54 Å². The lowest BCUT2D eigenvalue weighted by atomic mass is 9.86. The summed E-state index contributed by atoms with van der Waals surface area (Å²) in [5, 5.41) is 3.63. The summed E-state index contributed by atoms with van der Waals surface area (Å²) in [5.74, 6) is 0.701. The summed E-state index contributed by atoms with van der Waals surface area (Å²) < 4.78 is 0. The van der Waals surface area contributed by atoms with Gasteiger partial charge in [-0.3, -0.25) is 0 Å². The molecule has 0 amide bonds. The third-order valence-electron chi connectivity index (χ3n) is 4.34. The first-order chi connectivity index (χ1) is 9.61. The van der Waals surface area contributed by atoms with Crippen LogP contribution in [0.25, 0.3) is 0 Å². The first-order valence-corrected chi connectivity index (χ1v) is 7.51. The number of nitrogens with one attached hydrogen (secondary N) is 1. The van der Waals surface area contributed by atoms with Gasteiger partial charge in [-0.25, -0.2) is 0 Å². The number of benzene rings is 2. The number of hydrogen-bond acceptors (Lipinski definition) is 1. The number of fused-ring (bicyclic) bond motifs is 1. The van der Waals surface area contributed by atoms with E-state index in [1.54, 1.807) is 0 Å². The predicted octanol–water partition coefficient (Wildman–Crippen LogP) is 4.44. The zero-order chi connectivity index (χ0) is 14.1. The van der Waals surface area contributed by atoms with Crippen LogP contribution in [0.15, 0.2) is 36.4 Å². The average molecular weight is 265 g/mol. The maximum absolute atomic E-state index is 3.63. The molecule has 0 radical (unpaired) electrons. The van der Waals surface area contributed by atoms with Crippen LogP contribution in [0.5, 0.6) is 0 Å². The Bertz CT molecular complexity index is 610. The fourth-order valence-corrected chi connectivity index (χ4v) is 3.24. The highest BCUT2D eigenvalue weighted by Gasteiger charge is 2.20. The van der Waals surface area contributed by atoms with E-state index in [2.05, 4.69) is 62.5 Å². The Hall–Kier alpha value is -1.76. The van der Waals surface area contributed by atoms with Crippen LogP contribution in [0.2, 0.25) is 0 Å². The lowest BCUT2D eigenvalue weighted by molar-refractivity contribution is 0.533. The van der Waals surface area contributed by atoms with E-state index in [1.807, 2.05) is 0 Å². The van der Waals surface area contributed by atoms with Crippen LogP contribution in [-0.2, 0) is 12.8 Å². The monoisotopic (exact) mass is 265 g/mol. The smallest absolute Gasteiger partial charge is 0.0378 e. The van der Waals surface area contributed by atoms with Crippen LogP contribution < -0.4 is 5.32 Å². The lowest BCUT2D eigenvalue weighted by Crippen LogP contribution is -2.25. The molecule has 0 aliphatic carbocycles. The van der Waals surface area contributed by atoms with Gasteiger partial charge in [-0.15, -0.1) is 0 Å². The first kappa shape index (κ1) is 13.2. The summed E-state index contributed by atoms with van der Waals surface area (Å²) in [6, 6.07) is 13.6. The van der Waals surface area contributed by atoms with E-state index >= 15 is 0 Å². The number of aryl methyl sites for hydroxylation is 3. The highest BCUT2D eigenvalue weighted by molar-refractivity contribution is 5.58. The topological polar surface area (TPSA) is 12.0 Å². The molecule has 1 aliphatic heterocycles. The normalized spacial score (nSPS) is 17.4. The summed E-state index contributed by atoms with van der Waals surface area (Å²) >= 11 is 0. The summed E-state index contributed by atoms with van der Waals surface area (Å²) in [5.41, 5.74) is 8.44. The molecule has 104 valence electrons. The van der Waals surface area contributed by atoms with Gasteiger partial charge in [0.25, 0.3) is 0 Å². The molecule has 0 saturated carbocycles. The van der Waals surface area contributed by atoms with Crippen molar-refractivity contribution in [3.8, 4) is 0 Å². The van der Waals surface area contributed by atoms with Crippen LogP contribution in [0.3, 0.4) is 0 Å². The molecule has 0 aromatic heterocycles. The second-order valence-corrected chi connectivity index (χ2v) is 6.25. The maximum Gasteiger partial charge on any atom is 0.0378 e. The van der Waals surface area contributed by atoms with E-state index < -0.39 is 0 Å². The standard InChI is InChI=1S/C19H23N/c1-13-4-6-16(7-5-13)10-17-11-18-15(3)8-14(2)9-19(18)20-12-17/h4-9,17,20H,10-12H2,1-3H3. The molecular formula is C19H23N. The summed E-state index contributed by atoms with van der Waals surface area (Å²) in [7, 11) is 0. The average Bonchev–Trinajstić information content (AvgIpc) is 2.42. The molecule has 1 heteroatoms. The summed E-state index contributed by atoms with van der Waals surface area (Å²) in [4.78, 5) is 0. The Labute approximate surface area is 122 Å². The Morgan fingerprint density at radius 1 is 1.00 bits per heavy atom. The van der Waals surface area contributed by atoms with Crippen molar-refractivity contribution in [2.45, 2.75) is 33.6 Å². The fourth-order valence-electron chi connectivity index (χ4n) is 3.24. The minimum absolute atomic E-state index is 0.701. The Balaban J connectivity index is 1.77. The predicted molar refractivity (Wildman–Crippen MR) is 86.5 cm³/mol. The molecule has 20 heavy (non-hydrogen) atoms. The van der Waals surface area contributed by atoms with E-state index in [1.165, 1.54) is 46.3 Å². The largest absolute Gasteiger partial charge is 0.385 e. The van der Waals surface area contributed by atoms with Crippen LogP contribution in [0.1, 0.15) is 27.8 Å². The second kappa shape index (κ2) is 5.32. The van der Waals surface area contributed by atoms with Gasteiger partial charge in [0.1, 0.15) is 0 Å². The molecule has 1 atom stereocenters. The van der Waals surface area contributed by atoms with Crippen molar-refractivity contribution >= 4 is 5.69 Å². The molecule has 2 aromatic carbocycles. The van der Waals surface area contributed by atoms with E-state index in [0.29, 0.717) is 5.92 Å². The van der Waals surface area contributed by atoms with Crippen molar-refractivity contribution in [3.63, 3.8) is 0 Å². The van der Waals surface area contributed by atoms with E-state index in [4.69, 9.17) is 0 Å². The van der Waals surface area contributed by atoms with Gasteiger partial charge in [0.15, 0.2) is 0 Å². The van der Waals surface area contributed by atoms with Gasteiger partial charge in [-0.1, -0.05) is 35.9 Å². The quantitative estimate of drug-likeness (QED) is 0.846. The van der Waals surface area contributed by atoms with Crippen molar-refractivity contribution < 1.29 is 0 Å². The molecule has 1 nitrogen and oxygen atoms in total. The van der Waals surface area contributed by atoms with Crippen LogP contribution >= 0.6 is 0 Å². The van der Waals surface area contributed by atoms with Gasteiger partial charge in [0.2, 0.25) is 0 Å². The van der Waals surface area contributed by atoms with Crippen molar-refractivity contribution in [3.05, 3.63) is 64.2 Å². The first-order valence-electron chi connectivity index (χ1n) is 7.51. The zero-order valence-corrected chi connectivity index (χ0v) is 12.7. The Kier molecular flexibility index (Phi) is 3.52. The third kappa shape index (κ3) is 2.72. The molecule has 1 aliphatic rings. The van der Waals surface area contributed by atoms with E-state index in [9.17, 15) is 0 Å². The SMILES string of the molecule is Cc1ccc(CC2CNc3cc(C)cc(C)c3C2)cc1. The Morgan fingerprint density at radius 2 is 1.75 bits per heavy atom. The third-order valence-corrected chi connectivity index (χ3v) is 4.34. The van der Waals surface area contributed by atoms with Crippen LogP contribution in [-0.4, -0.2) is 6.54 Å². The van der Waals surface area contributed by atoms with Crippen molar-refractivity contribution in [2.75, 3.05) is 11.9 Å². The van der Waals surface area contributed by atoms with Gasteiger partial charge in [0.05, 0.1) is 0 Å². The molecule has 1 N–H and O–H groups in total. The highest BCUT2D eigenvalue weighted by atomic mass is 14.9. The maximum atomic E-state index is 3.63. The molecule has 0 fully saturated rings. The molecular weight excluding hydrogens is 242 g/mol. The molecule has 1 heterocycles. The van der Waals surface area contributed by atoms with E-state index in [-0.39, 0.29) is 0 Å². The molecule has 1 unspecified atom stereocenters. The molecule has 3 rings (SSSR count). The van der Waals surface area contributed by atoms with Crippen molar-refractivity contribution in [1.29, 1.82) is 0 Å². The van der Waals surface area contributed by atoms with Gasteiger partial charge in [0, 0.05) is 12.2 Å². The zero-order valence-electron chi connectivity index (χ0n) is 12.7. The summed E-state index contributed by atoms with van der Waals surface area (Å²) in [6.07, 6.45) is 2.36. The van der Waals surface area contributed by atoms with Crippen LogP contribution in [0, 0.1) is 26.7 Å². The molecule has 0 saturated heterocycles. The summed E-state index contributed by atoms with van der Waals surface area (Å²) in [6.45, 7) is 7.65. The number of anilines is 1. The number of hydrogen-bond donors (Lipinski definition) is 1. The van der Waals surface area contributed by atoms with Gasteiger partial charge in [-0.2, -0.15) is 0 Å². The van der Waals surface area contributed by atoms with Crippen molar-refractivity contribution in [1.82, 2.24) is 0 Å². The Morgan fingerprint density at radius 3 is 2.50 bits per heavy atom. The van der Waals surface area contributed by atoms with Gasteiger partial charge >= 0.3 is 0 Å². The molecule has 2 aromatic rings. The number of rotatable bonds is 2. The minimum atomic E-state index is 0.701. The van der Waals surface area contributed by atoms with Gasteiger partial charge < -0.3 is 5.32 Å². The fraction of sp³-hybridized carbons (Fsp3) is 0.368. The van der Waals surface area contributed by atoms with Gasteiger partial charge in [-0.05, 0) is 67.9 Å². The van der Waals surface area contributed by atoms with Crippen molar-refractivity contribution in [2.24, 2.45) is 5.92 Å². The second-order valence-electron chi connectivity index (χ2n) is 6.25.